The van der Waals surface area contributed by atoms with E-state index in [2.05, 4.69) is 9.50 Å². The van der Waals surface area contributed by atoms with Gasteiger partial charge in [-0.2, -0.15) is 0 Å². The van der Waals surface area contributed by atoms with E-state index in [1.54, 1.807) is 7.11 Å². The number of rotatable bonds is 5. The van der Waals surface area contributed by atoms with Gasteiger partial charge in [0.1, 0.15) is 0 Å². The summed E-state index contributed by atoms with van der Waals surface area (Å²) in [5.74, 6) is 0.421. The fraction of sp³-hybridized carbons (Fsp3) is 0.833. The van der Waals surface area contributed by atoms with Gasteiger partial charge in [0.15, 0.2) is 0 Å². The van der Waals surface area contributed by atoms with E-state index in [4.69, 9.17) is 0 Å². The van der Waals surface area contributed by atoms with E-state index in [0.29, 0.717) is 5.75 Å². The molecule has 0 saturated heterocycles. The summed E-state index contributed by atoms with van der Waals surface area (Å²) in [5, 5.41) is 2.73. The van der Waals surface area contributed by atoms with Crippen LogP contribution in [0.25, 0.3) is 0 Å². The number of carbonyl (C=O) groups excluding carboxylic acids is 1. The molecule has 0 bridgehead atoms. The van der Waals surface area contributed by atoms with E-state index in [1.165, 1.54) is 0 Å². The van der Waals surface area contributed by atoms with Crippen LogP contribution in [0.3, 0.4) is 0 Å². The van der Waals surface area contributed by atoms with Crippen LogP contribution in [0.2, 0.25) is 0 Å². The van der Waals surface area contributed by atoms with Crippen molar-refractivity contribution in [3.05, 3.63) is 0 Å². The van der Waals surface area contributed by atoms with Crippen molar-refractivity contribution in [1.29, 1.82) is 0 Å². The third kappa shape index (κ3) is 5.91. The predicted molar refractivity (Wildman–Crippen MR) is 42.8 cm³/mol. The molecule has 3 nitrogen and oxygen atoms in total. The molecule has 0 aromatic rings. The highest BCUT2D eigenvalue weighted by Crippen LogP contribution is 1.96. The maximum atomic E-state index is 10.7. The minimum Gasteiger partial charge on any atom is -0.355 e. The highest BCUT2D eigenvalue weighted by atomic mass is 32.2. The van der Waals surface area contributed by atoms with E-state index in [9.17, 15) is 4.79 Å². The van der Waals surface area contributed by atoms with Crippen molar-refractivity contribution in [3.8, 4) is 0 Å². The Balaban J connectivity index is 3.09. The van der Waals surface area contributed by atoms with Crippen LogP contribution in [0, 0.1) is 0 Å². The van der Waals surface area contributed by atoms with Crippen molar-refractivity contribution in [2.75, 3.05) is 19.4 Å². The summed E-state index contributed by atoms with van der Waals surface area (Å²) in [6, 6.07) is 0. The smallest absolute Gasteiger partial charge is 0.232 e. The average molecular weight is 163 g/mol. The Bertz CT molecular complexity index is 87.7. The molecule has 0 aromatic carbocycles. The van der Waals surface area contributed by atoms with Crippen LogP contribution in [0.1, 0.15) is 13.3 Å². The van der Waals surface area contributed by atoms with Crippen molar-refractivity contribution >= 4 is 17.9 Å². The standard InChI is InChI=1S/C6H13NO2S/c1-3-4-7-6(8)5-10-9-2/h3-5H2,1-2H3,(H,7,8). The lowest BCUT2D eigenvalue weighted by Crippen LogP contribution is -2.25. The van der Waals surface area contributed by atoms with Crippen LogP contribution in [0.5, 0.6) is 0 Å². The van der Waals surface area contributed by atoms with Crippen molar-refractivity contribution in [3.63, 3.8) is 0 Å². The molecular weight excluding hydrogens is 150 g/mol. The average Bonchev–Trinajstić information content (AvgIpc) is 1.97. The van der Waals surface area contributed by atoms with E-state index in [0.717, 1.165) is 25.0 Å². The summed E-state index contributed by atoms with van der Waals surface area (Å²) in [5.41, 5.74) is 0. The topological polar surface area (TPSA) is 38.3 Å². The van der Waals surface area contributed by atoms with Gasteiger partial charge in [0, 0.05) is 18.6 Å². The molecule has 0 unspecified atom stereocenters. The van der Waals surface area contributed by atoms with Crippen LogP contribution in [0.4, 0.5) is 0 Å². The SMILES string of the molecule is CCCNC(=O)CSOC. The van der Waals surface area contributed by atoms with Crippen LogP contribution in [-0.4, -0.2) is 25.3 Å². The van der Waals surface area contributed by atoms with E-state index < -0.39 is 0 Å². The molecule has 0 rings (SSSR count). The van der Waals surface area contributed by atoms with E-state index >= 15 is 0 Å². The predicted octanol–water partition coefficient (Wildman–Crippen LogP) is 0.807. The van der Waals surface area contributed by atoms with Crippen LogP contribution < -0.4 is 5.32 Å². The van der Waals surface area contributed by atoms with E-state index in [-0.39, 0.29) is 5.91 Å². The monoisotopic (exact) mass is 163 g/mol. The summed E-state index contributed by atoms with van der Waals surface area (Å²) in [7, 11) is 1.55. The zero-order valence-corrected chi connectivity index (χ0v) is 7.16. The molecule has 0 saturated carbocycles. The molecule has 0 heterocycles. The molecule has 0 radical (unpaired) electrons. The molecule has 60 valence electrons. The first-order valence-corrected chi connectivity index (χ1v) is 4.14. The highest BCUT2D eigenvalue weighted by molar-refractivity contribution is 7.95. The van der Waals surface area contributed by atoms with E-state index in [1.807, 2.05) is 6.92 Å². The number of carbonyl (C=O) groups is 1. The Morgan fingerprint density at radius 3 is 2.90 bits per heavy atom. The molecule has 1 amide bonds. The molecule has 10 heavy (non-hydrogen) atoms. The maximum absolute atomic E-state index is 10.7. The maximum Gasteiger partial charge on any atom is 0.232 e. The first-order valence-electron chi connectivity index (χ1n) is 3.23. The lowest BCUT2D eigenvalue weighted by atomic mass is 10.5. The van der Waals surface area contributed by atoms with Crippen molar-refractivity contribution < 1.29 is 8.98 Å². The normalized spacial score (nSPS) is 9.40. The van der Waals surface area contributed by atoms with Gasteiger partial charge in [0.05, 0.1) is 12.9 Å². The largest absolute Gasteiger partial charge is 0.355 e. The zero-order chi connectivity index (χ0) is 7.82. The number of nitrogens with one attached hydrogen (secondary N) is 1. The lowest BCUT2D eigenvalue weighted by Gasteiger charge is -2.00. The number of amides is 1. The van der Waals surface area contributed by atoms with Gasteiger partial charge in [0.25, 0.3) is 0 Å². The van der Waals surface area contributed by atoms with Gasteiger partial charge >= 0.3 is 0 Å². The summed E-state index contributed by atoms with van der Waals surface area (Å²) in [6.45, 7) is 2.77. The minimum atomic E-state index is 0.0358. The number of hydrogen-bond acceptors (Lipinski definition) is 3. The summed E-state index contributed by atoms with van der Waals surface area (Å²) >= 11 is 1.15. The fourth-order valence-electron chi connectivity index (χ4n) is 0.428. The first kappa shape index (κ1) is 9.78. The van der Waals surface area contributed by atoms with Crippen molar-refractivity contribution in [1.82, 2.24) is 5.32 Å². The summed E-state index contributed by atoms with van der Waals surface area (Å²) in [6.07, 6.45) is 0.976. The van der Waals surface area contributed by atoms with Gasteiger partial charge in [-0.05, 0) is 6.42 Å². The molecule has 1 N–H and O–H groups in total. The molecule has 4 heteroatoms. The molecule has 0 aliphatic heterocycles. The zero-order valence-electron chi connectivity index (χ0n) is 6.35. The minimum absolute atomic E-state index is 0.0358. The van der Waals surface area contributed by atoms with Gasteiger partial charge in [-0.15, -0.1) is 0 Å². The number of hydrogen-bond donors (Lipinski definition) is 1. The molecule has 0 aliphatic rings. The summed E-state index contributed by atoms with van der Waals surface area (Å²) in [4.78, 5) is 10.7. The Kier molecular flexibility index (Phi) is 6.74. The third-order valence-corrected chi connectivity index (χ3v) is 1.50. The van der Waals surface area contributed by atoms with Gasteiger partial charge in [0.2, 0.25) is 5.91 Å². The van der Waals surface area contributed by atoms with Crippen molar-refractivity contribution in [2.45, 2.75) is 13.3 Å². The fourth-order valence-corrected chi connectivity index (χ4v) is 0.755. The van der Waals surface area contributed by atoms with Gasteiger partial charge in [-0.25, -0.2) is 0 Å². The van der Waals surface area contributed by atoms with Crippen LogP contribution in [-0.2, 0) is 8.98 Å². The Hall–Kier alpha value is -0.220. The lowest BCUT2D eigenvalue weighted by molar-refractivity contribution is -0.118. The summed E-state index contributed by atoms with van der Waals surface area (Å²) < 4.78 is 4.65. The highest BCUT2D eigenvalue weighted by Gasteiger charge is 1.97. The Morgan fingerprint density at radius 1 is 1.70 bits per heavy atom. The quantitative estimate of drug-likeness (QED) is 0.609. The second-order valence-electron chi connectivity index (χ2n) is 1.78. The Morgan fingerprint density at radius 2 is 2.40 bits per heavy atom. The van der Waals surface area contributed by atoms with Gasteiger partial charge in [-0.1, -0.05) is 6.92 Å². The molecule has 0 atom stereocenters. The molecule has 0 aromatic heterocycles. The molecule has 0 spiro atoms. The molecule has 0 aliphatic carbocycles. The molecule has 0 fully saturated rings. The second kappa shape index (κ2) is 6.89. The van der Waals surface area contributed by atoms with Gasteiger partial charge < -0.3 is 9.50 Å². The van der Waals surface area contributed by atoms with Crippen LogP contribution >= 0.6 is 12.0 Å². The Labute approximate surface area is 65.7 Å². The molecular formula is C6H13NO2S. The second-order valence-corrected chi connectivity index (χ2v) is 2.64. The van der Waals surface area contributed by atoms with Crippen molar-refractivity contribution in [2.24, 2.45) is 0 Å². The first-order chi connectivity index (χ1) is 4.81. The van der Waals surface area contributed by atoms with Gasteiger partial charge in [-0.3, -0.25) is 4.79 Å². The third-order valence-electron chi connectivity index (χ3n) is 0.880. The van der Waals surface area contributed by atoms with Crippen LogP contribution in [0.15, 0.2) is 0 Å².